The SMILES string of the molecule is CS(=O)(=O)CCCNC(=O)C1CCc2[nH]c3ncnc(Cl)c3c2C1.CS(=O)(=O)CCCNC(=O)C1CCc2[nH]c3ncnc(Nc4ccc(N5CCOCC5)cc4)c3c2C1. The van der Waals surface area contributed by atoms with Crippen molar-refractivity contribution in [3.63, 3.8) is 0 Å². The molecule has 2 amide bonds. The number of nitrogens with zero attached hydrogens (tertiary/aromatic N) is 5. The molecule has 5 N–H and O–H groups in total. The lowest BCUT2D eigenvalue weighted by Crippen LogP contribution is -2.36. The molecule has 0 spiro atoms. The molecule has 3 aliphatic rings. The number of carbonyl (C=O) groups excluding carboxylic acids is 2. The van der Waals surface area contributed by atoms with E-state index in [1.54, 1.807) is 6.33 Å². The molecule has 1 aromatic carbocycles. The average molecular weight is 883 g/mol. The number of fused-ring (bicyclic) bond motifs is 6. The quantitative estimate of drug-likeness (QED) is 0.0844. The summed E-state index contributed by atoms with van der Waals surface area (Å²) in [7, 11) is -6.02. The van der Waals surface area contributed by atoms with Crippen LogP contribution in [0.25, 0.3) is 22.1 Å². The first-order chi connectivity index (χ1) is 28.7. The minimum atomic E-state index is -3.03. The normalized spacial score (nSPS) is 17.9. The molecule has 0 saturated carbocycles. The molecule has 322 valence electrons. The minimum Gasteiger partial charge on any atom is -0.378 e. The Morgan fingerprint density at radius 1 is 0.767 bits per heavy atom. The van der Waals surface area contributed by atoms with Crippen LogP contribution in [0.1, 0.15) is 48.2 Å². The lowest BCUT2D eigenvalue weighted by Gasteiger charge is -2.28. The summed E-state index contributed by atoms with van der Waals surface area (Å²) >= 11 is 6.18. The third-order valence-corrected chi connectivity index (χ3v) is 13.5. The smallest absolute Gasteiger partial charge is 0.223 e. The molecule has 60 heavy (non-hydrogen) atoms. The number of morpholine rings is 1. The number of aromatic amines is 2. The highest BCUT2D eigenvalue weighted by Crippen LogP contribution is 2.36. The van der Waals surface area contributed by atoms with Gasteiger partial charge in [0, 0.05) is 73.3 Å². The second kappa shape index (κ2) is 18.8. The number of benzene rings is 1. The molecule has 2 aliphatic carbocycles. The number of hydrogen-bond acceptors (Lipinski definition) is 13. The van der Waals surface area contributed by atoms with E-state index in [1.165, 1.54) is 24.5 Å². The molecule has 2 unspecified atom stereocenters. The first kappa shape index (κ1) is 43.2. The minimum absolute atomic E-state index is 0.0337. The van der Waals surface area contributed by atoms with Crippen molar-refractivity contribution in [1.29, 1.82) is 0 Å². The van der Waals surface area contributed by atoms with Crippen LogP contribution in [-0.4, -0.2) is 122 Å². The molecule has 1 fully saturated rings. The van der Waals surface area contributed by atoms with Crippen LogP contribution in [0.3, 0.4) is 0 Å². The van der Waals surface area contributed by atoms with Crippen molar-refractivity contribution in [2.24, 2.45) is 11.8 Å². The van der Waals surface area contributed by atoms with E-state index in [4.69, 9.17) is 16.3 Å². The third-order valence-electron chi connectivity index (χ3n) is 11.1. The molecule has 1 saturated heterocycles. The topological polar surface area (TPSA) is 234 Å². The van der Waals surface area contributed by atoms with Crippen molar-refractivity contribution in [3.05, 3.63) is 64.6 Å². The second-order valence-corrected chi connectivity index (χ2v) is 20.6. The average Bonchev–Trinajstić information content (AvgIpc) is 3.80. The molecule has 5 aromatic rings. The van der Waals surface area contributed by atoms with Crippen LogP contribution < -0.4 is 20.9 Å². The van der Waals surface area contributed by atoms with Crippen LogP contribution in [0.15, 0.2) is 36.9 Å². The summed E-state index contributed by atoms with van der Waals surface area (Å²) in [5.41, 5.74) is 7.80. The van der Waals surface area contributed by atoms with Gasteiger partial charge in [0.2, 0.25) is 11.8 Å². The molecule has 4 aromatic heterocycles. The van der Waals surface area contributed by atoms with Gasteiger partial charge in [-0.05, 0) is 86.8 Å². The predicted molar refractivity (Wildman–Crippen MR) is 231 cm³/mol. The van der Waals surface area contributed by atoms with Gasteiger partial charge in [-0.3, -0.25) is 9.59 Å². The summed E-state index contributed by atoms with van der Waals surface area (Å²) in [6, 6.07) is 8.29. The highest BCUT2D eigenvalue weighted by atomic mass is 35.5. The van der Waals surface area contributed by atoms with Gasteiger partial charge in [0.1, 0.15) is 54.6 Å². The van der Waals surface area contributed by atoms with Gasteiger partial charge in [0.15, 0.2) is 0 Å². The van der Waals surface area contributed by atoms with Crippen LogP contribution in [-0.2, 0) is 59.7 Å². The van der Waals surface area contributed by atoms with E-state index in [1.807, 2.05) is 12.1 Å². The fraction of sp³-hybridized carbons (Fsp3) is 0.500. The maximum absolute atomic E-state index is 12.8. The van der Waals surface area contributed by atoms with Gasteiger partial charge < -0.3 is 35.6 Å². The Bertz CT molecular complexity index is 2560. The van der Waals surface area contributed by atoms with Crippen molar-refractivity contribution in [1.82, 2.24) is 40.5 Å². The number of amides is 2. The van der Waals surface area contributed by atoms with Crippen molar-refractivity contribution in [2.45, 2.75) is 51.4 Å². The number of carbonyl (C=O) groups is 2. The number of anilines is 3. The monoisotopic (exact) mass is 882 g/mol. The van der Waals surface area contributed by atoms with Crippen LogP contribution in [0.4, 0.5) is 17.2 Å². The Morgan fingerprint density at radius 2 is 1.28 bits per heavy atom. The molecule has 1 aliphatic heterocycles. The number of aryl methyl sites for hydroxylation is 2. The first-order valence-corrected chi connectivity index (χ1v) is 24.7. The summed E-state index contributed by atoms with van der Waals surface area (Å²) in [6.45, 7) is 4.00. The maximum atomic E-state index is 12.8. The number of H-pyrrole nitrogens is 2. The maximum Gasteiger partial charge on any atom is 0.223 e. The lowest BCUT2D eigenvalue weighted by molar-refractivity contribution is -0.126. The van der Waals surface area contributed by atoms with Gasteiger partial charge in [-0.25, -0.2) is 36.8 Å². The molecule has 0 bridgehead atoms. The Morgan fingerprint density at radius 3 is 1.83 bits per heavy atom. The molecular formula is C40H51ClN10O7S2. The zero-order chi connectivity index (χ0) is 42.4. The second-order valence-electron chi connectivity index (χ2n) is 15.7. The number of nitrogens with one attached hydrogen (secondary N) is 5. The highest BCUT2D eigenvalue weighted by Gasteiger charge is 2.30. The van der Waals surface area contributed by atoms with Gasteiger partial charge in [-0.15, -0.1) is 0 Å². The Kier molecular flexibility index (Phi) is 13.6. The van der Waals surface area contributed by atoms with E-state index in [0.717, 1.165) is 96.6 Å². The Balaban J connectivity index is 0.000000197. The Labute approximate surface area is 354 Å². The number of hydrogen-bond donors (Lipinski definition) is 5. The molecule has 20 heteroatoms. The summed E-state index contributed by atoms with van der Waals surface area (Å²) in [5, 5.41) is 11.3. The van der Waals surface area contributed by atoms with Gasteiger partial charge in [0.25, 0.3) is 0 Å². The van der Waals surface area contributed by atoms with Crippen LogP contribution in [0.5, 0.6) is 0 Å². The van der Waals surface area contributed by atoms with Crippen LogP contribution >= 0.6 is 11.6 Å². The molecule has 17 nitrogen and oxygen atoms in total. The zero-order valence-corrected chi connectivity index (χ0v) is 36.1. The van der Waals surface area contributed by atoms with Crippen LogP contribution in [0.2, 0.25) is 5.15 Å². The number of sulfone groups is 2. The summed E-state index contributed by atoms with van der Waals surface area (Å²) < 4.78 is 50.3. The fourth-order valence-electron chi connectivity index (χ4n) is 8.08. The molecular weight excluding hydrogens is 832 g/mol. The van der Waals surface area contributed by atoms with Crippen molar-refractivity contribution >= 4 is 82.3 Å². The number of rotatable bonds is 13. The van der Waals surface area contributed by atoms with Crippen molar-refractivity contribution in [2.75, 3.05) is 73.6 Å². The Hall–Kier alpha value is -4.85. The summed E-state index contributed by atoms with van der Waals surface area (Å²) in [4.78, 5) is 51.3. The van der Waals surface area contributed by atoms with E-state index in [-0.39, 0.29) is 35.2 Å². The lowest BCUT2D eigenvalue weighted by atomic mass is 9.86. The van der Waals surface area contributed by atoms with Crippen molar-refractivity contribution in [3.8, 4) is 0 Å². The summed E-state index contributed by atoms with van der Waals surface area (Å²) in [6.07, 6.45) is 10.4. The third kappa shape index (κ3) is 10.9. The predicted octanol–water partition coefficient (Wildman–Crippen LogP) is 3.46. The molecule has 0 radical (unpaired) electrons. The van der Waals surface area contributed by atoms with E-state index in [0.29, 0.717) is 55.4 Å². The number of ether oxygens (including phenoxy) is 1. The zero-order valence-electron chi connectivity index (χ0n) is 33.7. The van der Waals surface area contributed by atoms with E-state index >= 15 is 0 Å². The molecule has 5 heterocycles. The first-order valence-electron chi connectivity index (χ1n) is 20.2. The number of halogens is 1. The van der Waals surface area contributed by atoms with E-state index < -0.39 is 19.7 Å². The van der Waals surface area contributed by atoms with Crippen molar-refractivity contribution < 1.29 is 31.2 Å². The van der Waals surface area contributed by atoms with Gasteiger partial charge in [0.05, 0.1) is 35.5 Å². The fourth-order valence-corrected chi connectivity index (χ4v) is 9.66. The largest absolute Gasteiger partial charge is 0.378 e. The van der Waals surface area contributed by atoms with Gasteiger partial charge >= 0.3 is 0 Å². The van der Waals surface area contributed by atoms with E-state index in [2.05, 4.69) is 62.9 Å². The molecule has 8 rings (SSSR count). The molecule has 2 atom stereocenters. The van der Waals surface area contributed by atoms with Gasteiger partial charge in [-0.2, -0.15) is 0 Å². The highest BCUT2D eigenvalue weighted by molar-refractivity contribution is 7.90. The van der Waals surface area contributed by atoms with Gasteiger partial charge in [-0.1, -0.05) is 11.6 Å². The van der Waals surface area contributed by atoms with Crippen LogP contribution in [0, 0.1) is 11.8 Å². The van der Waals surface area contributed by atoms with E-state index in [9.17, 15) is 26.4 Å². The standard InChI is InChI=1S/C25H32N6O4S.C15H19ClN4O3S/c1-36(33,34)14-2-9-26-25(32)17-3-8-21-20(15-17)22-23(27-16-28-24(22)30-21)29-18-4-6-19(7-5-18)31-10-12-35-13-11-31;1-24(22,23)6-2-5-17-15(21)9-3-4-11-10(7-9)12-13(16)18-8-19-14(12)20-11/h4-7,16-17H,2-3,8-15H2,1H3,(H,26,32)(H2,27,28,29,30);8-9H,2-7H2,1H3,(H,17,21)(H,18,19,20). The number of aromatic nitrogens is 6. The summed E-state index contributed by atoms with van der Waals surface area (Å²) in [5.74, 6) is 0.472.